The minimum atomic E-state index is -3.81. The molecule has 21 heavy (non-hydrogen) atoms. The van der Waals surface area contributed by atoms with Crippen molar-refractivity contribution in [3.8, 4) is 0 Å². The van der Waals surface area contributed by atoms with Crippen molar-refractivity contribution in [1.29, 1.82) is 0 Å². The highest BCUT2D eigenvalue weighted by Crippen LogP contribution is 2.18. The van der Waals surface area contributed by atoms with Crippen molar-refractivity contribution in [2.75, 3.05) is 0 Å². The standard InChI is InChI=1S/C14H25N3O3S/c1-5-8-17-10-11(21(15,19)20)9-12(17)13(18)16-14(4,6-2)7-3/h9-10H,5-8H2,1-4H3,(H,16,18)(H2,15,19,20). The second kappa shape index (κ2) is 6.62. The molecule has 0 unspecified atom stereocenters. The highest BCUT2D eigenvalue weighted by atomic mass is 32.2. The largest absolute Gasteiger partial charge is 0.346 e. The fourth-order valence-electron chi connectivity index (χ4n) is 2.02. The molecule has 0 saturated carbocycles. The maximum Gasteiger partial charge on any atom is 0.268 e. The number of amides is 1. The number of aromatic nitrogens is 1. The number of hydrogen-bond acceptors (Lipinski definition) is 3. The zero-order valence-corrected chi connectivity index (χ0v) is 14.0. The number of nitrogens with two attached hydrogens (primary N) is 1. The Hall–Kier alpha value is -1.34. The fraction of sp³-hybridized carbons (Fsp3) is 0.643. The number of carbonyl (C=O) groups excluding carboxylic acids is 1. The maximum absolute atomic E-state index is 12.4. The SMILES string of the molecule is CCCn1cc(S(N)(=O)=O)cc1C(=O)NC(C)(CC)CC. The highest BCUT2D eigenvalue weighted by Gasteiger charge is 2.25. The molecule has 0 fully saturated rings. The summed E-state index contributed by atoms with van der Waals surface area (Å²) in [6, 6.07) is 1.34. The van der Waals surface area contributed by atoms with Crippen LogP contribution in [0.15, 0.2) is 17.2 Å². The molecule has 0 atom stereocenters. The van der Waals surface area contributed by atoms with Crippen LogP contribution in [0.25, 0.3) is 0 Å². The molecule has 0 aliphatic carbocycles. The van der Waals surface area contributed by atoms with Gasteiger partial charge in [-0.1, -0.05) is 20.8 Å². The number of nitrogens with zero attached hydrogens (tertiary/aromatic N) is 1. The Balaban J connectivity index is 3.16. The van der Waals surface area contributed by atoms with E-state index in [-0.39, 0.29) is 16.3 Å². The molecule has 1 aromatic rings. The molecule has 0 aliphatic rings. The van der Waals surface area contributed by atoms with E-state index in [0.717, 1.165) is 19.3 Å². The van der Waals surface area contributed by atoms with Gasteiger partial charge in [0.15, 0.2) is 0 Å². The molecule has 1 amide bonds. The van der Waals surface area contributed by atoms with Crippen molar-refractivity contribution in [3.63, 3.8) is 0 Å². The topological polar surface area (TPSA) is 94.2 Å². The van der Waals surface area contributed by atoms with Gasteiger partial charge in [0.2, 0.25) is 10.0 Å². The Labute approximate surface area is 126 Å². The average molecular weight is 315 g/mol. The minimum absolute atomic E-state index is 0.0317. The number of nitrogens with one attached hydrogen (secondary N) is 1. The Bertz CT molecular complexity index is 601. The number of sulfonamides is 1. The molecule has 0 saturated heterocycles. The van der Waals surface area contributed by atoms with Crippen LogP contribution < -0.4 is 10.5 Å². The molecule has 0 bridgehead atoms. The molecule has 3 N–H and O–H groups in total. The minimum Gasteiger partial charge on any atom is -0.346 e. The highest BCUT2D eigenvalue weighted by molar-refractivity contribution is 7.89. The van der Waals surface area contributed by atoms with Crippen LogP contribution in [0.1, 0.15) is 57.4 Å². The lowest BCUT2D eigenvalue weighted by molar-refractivity contribution is 0.0891. The number of aryl methyl sites for hydroxylation is 1. The van der Waals surface area contributed by atoms with Gasteiger partial charge in [-0.05, 0) is 32.3 Å². The summed E-state index contributed by atoms with van der Waals surface area (Å²) < 4.78 is 24.6. The number of hydrogen-bond donors (Lipinski definition) is 2. The zero-order valence-electron chi connectivity index (χ0n) is 13.1. The summed E-state index contributed by atoms with van der Waals surface area (Å²) in [6.45, 7) is 8.50. The lowest BCUT2D eigenvalue weighted by atomic mass is 9.95. The van der Waals surface area contributed by atoms with Crippen LogP contribution in [0.4, 0.5) is 0 Å². The van der Waals surface area contributed by atoms with Gasteiger partial charge in [0.25, 0.3) is 5.91 Å². The maximum atomic E-state index is 12.4. The van der Waals surface area contributed by atoms with Crippen LogP contribution in [-0.4, -0.2) is 24.4 Å². The Morgan fingerprint density at radius 1 is 1.33 bits per heavy atom. The monoisotopic (exact) mass is 315 g/mol. The molecular weight excluding hydrogens is 290 g/mol. The molecule has 0 aromatic carbocycles. The Kier molecular flexibility index (Phi) is 5.58. The van der Waals surface area contributed by atoms with Crippen LogP contribution in [0, 0.1) is 0 Å². The summed E-state index contributed by atoms with van der Waals surface area (Å²) in [5.41, 5.74) is 0.0224. The van der Waals surface area contributed by atoms with Crippen LogP contribution in [0.5, 0.6) is 0 Å². The van der Waals surface area contributed by atoms with Gasteiger partial charge in [-0.25, -0.2) is 13.6 Å². The molecule has 1 aromatic heterocycles. The van der Waals surface area contributed by atoms with Gasteiger partial charge in [-0.2, -0.15) is 0 Å². The van der Waals surface area contributed by atoms with E-state index in [1.54, 1.807) is 4.57 Å². The first kappa shape index (κ1) is 17.7. The first-order valence-electron chi connectivity index (χ1n) is 7.22. The molecule has 0 radical (unpaired) electrons. The van der Waals surface area contributed by atoms with Crippen molar-refractivity contribution in [3.05, 3.63) is 18.0 Å². The van der Waals surface area contributed by atoms with Gasteiger partial charge in [-0.15, -0.1) is 0 Å². The van der Waals surface area contributed by atoms with Crippen molar-refractivity contribution >= 4 is 15.9 Å². The van der Waals surface area contributed by atoms with Crippen LogP contribution in [0.3, 0.4) is 0 Å². The molecular formula is C14H25N3O3S. The van der Waals surface area contributed by atoms with E-state index in [2.05, 4.69) is 5.32 Å². The molecule has 7 heteroatoms. The summed E-state index contributed by atoms with van der Waals surface area (Å²) >= 11 is 0. The van der Waals surface area contributed by atoms with Crippen LogP contribution >= 0.6 is 0 Å². The average Bonchev–Trinajstić information content (AvgIpc) is 2.83. The smallest absolute Gasteiger partial charge is 0.268 e. The van der Waals surface area contributed by atoms with Gasteiger partial charge in [-0.3, -0.25) is 4.79 Å². The van der Waals surface area contributed by atoms with Crippen molar-refractivity contribution in [1.82, 2.24) is 9.88 Å². The van der Waals surface area contributed by atoms with Gasteiger partial charge < -0.3 is 9.88 Å². The van der Waals surface area contributed by atoms with Crippen molar-refractivity contribution < 1.29 is 13.2 Å². The normalized spacial score (nSPS) is 12.4. The van der Waals surface area contributed by atoms with E-state index < -0.39 is 10.0 Å². The van der Waals surface area contributed by atoms with E-state index in [9.17, 15) is 13.2 Å². The molecule has 0 spiro atoms. The van der Waals surface area contributed by atoms with Gasteiger partial charge >= 0.3 is 0 Å². The molecule has 1 heterocycles. The van der Waals surface area contributed by atoms with Crippen molar-refractivity contribution in [2.24, 2.45) is 5.14 Å². The zero-order chi connectivity index (χ0) is 16.3. The van der Waals surface area contributed by atoms with Gasteiger partial charge in [0, 0.05) is 18.3 Å². The van der Waals surface area contributed by atoms with Gasteiger partial charge in [0.1, 0.15) is 10.6 Å². The predicted molar refractivity (Wildman–Crippen MR) is 82.5 cm³/mol. The Morgan fingerprint density at radius 2 is 1.90 bits per heavy atom. The van der Waals surface area contributed by atoms with E-state index in [0.29, 0.717) is 12.2 Å². The summed E-state index contributed by atoms with van der Waals surface area (Å²) in [4.78, 5) is 12.4. The first-order valence-corrected chi connectivity index (χ1v) is 8.77. The third-order valence-corrected chi connectivity index (χ3v) is 4.75. The predicted octanol–water partition coefficient (Wildman–Crippen LogP) is 1.85. The summed E-state index contributed by atoms with van der Waals surface area (Å²) in [5.74, 6) is -0.274. The number of carbonyl (C=O) groups is 1. The van der Waals surface area contributed by atoms with Gasteiger partial charge in [0.05, 0.1) is 0 Å². The van der Waals surface area contributed by atoms with Crippen LogP contribution in [0.2, 0.25) is 0 Å². The molecule has 120 valence electrons. The first-order chi connectivity index (χ1) is 9.66. The summed E-state index contributed by atoms with van der Waals surface area (Å²) in [6.07, 6.45) is 3.80. The van der Waals surface area contributed by atoms with Crippen LogP contribution in [-0.2, 0) is 16.6 Å². The van der Waals surface area contributed by atoms with E-state index >= 15 is 0 Å². The Morgan fingerprint density at radius 3 is 2.33 bits per heavy atom. The van der Waals surface area contributed by atoms with Crippen molar-refractivity contribution in [2.45, 2.75) is 63.9 Å². The van der Waals surface area contributed by atoms with E-state index in [1.165, 1.54) is 12.3 Å². The lowest BCUT2D eigenvalue weighted by Crippen LogP contribution is -2.45. The summed E-state index contributed by atoms with van der Waals surface area (Å²) in [5, 5.41) is 8.12. The number of primary sulfonamides is 1. The quantitative estimate of drug-likeness (QED) is 0.804. The molecule has 6 nitrogen and oxygen atoms in total. The lowest BCUT2D eigenvalue weighted by Gasteiger charge is -2.28. The number of rotatable bonds is 7. The molecule has 1 rings (SSSR count). The third kappa shape index (κ3) is 4.31. The third-order valence-electron chi connectivity index (χ3n) is 3.87. The van der Waals surface area contributed by atoms with E-state index in [1.807, 2.05) is 27.7 Å². The fourth-order valence-corrected chi connectivity index (χ4v) is 2.57. The molecule has 0 aliphatic heterocycles. The second-order valence-electron chi connectivity index (χ2n) is 5.52. The van der Waals surface area contributed by atoms with E-state index in [4.69, 9.17) is 5.14 Å². The summed E-state index contributed by atoms with van der Waals surface area (Å²) in [7, 11) is -3.81. The second-order valence-corrected chi connectivity index (χ2v) is 7.08.